The average molecular weight is 726 g/mol. The molecule has 1 N–H and O–H groups in total. The van der Waals surface area contributed by atoms with Gasteiger partial charge in [0.05, 0.1) is 40.6 Å². The first kappa shape index (κ1) is 35.4. The van der Waals surface area contributed by atoms with Crippen molar-refractivity contribution < 1.29 is 28.9 Å². The molecule has 0 fully saturated rings. The Kier molecular flexibility index (Phi) is 10.3. The van der Waals surface area contributed by atoms with Crippen molar-refractivity contribution in [2.45, 2.75) is 33.4 Å². The third kappa shape index (κ3) is 6.74. The van der Waals surface area contributed by atoms with E-state index >= 15 is 0 Å². The van der Waals surface area contributed by atoms with Crippen LogP contribution in [0.15, 0.2) is 93.9 Å². The summed E-state index contributed by atoms with van der Waals surface area (Å²) in [6, 6.07) is 20.6. The number of ether oxygens (including phenoxy) is 3. The topological polar surface area (TPSA) is 120 Å². The number of likely N-dealkylation sites (N-methyl/N-ethyl adjacent to an activating group) is 1. The van der Waals surface area contributed by atoms with Crippen LogP contribution in [-0.4, -0.2) is 53.8 Å². The molecule has 0 radical (unpaired) electrons. The monoisotopic (exact) mass is 725 g/mol. The first-order chi connectivity index (χ1) is 24.6. The SMILES string of the molecule is CCN(CC)C(=O)C1=C(C)N=c2s/c(=C/c3cc(Cl)c(OCc4cccc(C(=O)O)c4)c(OC)c3)c(=O)n2[C@@H]1c1c(OC)ccc2ccccc12. The highest BCUT2D eigenvalue weighted by Crippen LogP contribution is 2.41. The molecule has 0 spiro atoms. The van der Waals surface area contributed by atoms with Gasteiger partial charge in [-0.15, -0.1) is 0 Å². The summed E-state index contributed by atoms with van der Waals surface area (Å²) >= 11 is 7.92. The molecule has 51 heavy (non-hydrogen) atoms. The second-order valence-electron chi connectivity index (χ2n) is 11.8. The second-order valence-corrected chi connectivity index (χ2v) is 13.2. The Hall–Kier alpha value is -5.39. The minimum atomic E-state index is -1.04. The number of hydrogen-bond acceptors (Lipinski definition) is 8. The molecule has 10 nitrogen and oxygen atoms in total. The van der Waals surface area contributed by atoms with Crippen molar-refractivity contribution in [3.63, 3.8) is 0 Å². The van der Waals surface area contributed by atoms with E-state index in [0.717, 1.165) is 10.8 Å². The summed E-state index contributed by atoms with van der Waals surface area (Å²) in [5.41, 5.74) is 2.68. The van der Waals surface area contributed by atoms with E-state index in [1.807, 2.05) is 50.2 Å². The van der Waals surface area contributed by atoms with Gasteiger partial charge >= 0.3 is 5.97 Å². The number of halogens is 1. The molecule has 1 amide bonds. The van der Waals surface area contributed by atoms with Gasteiger partial charge in [-0.3, -0.25) is 14.2 Å². The number of nitrogens with zero attached hydrogens (tertiary/aromatic N) is 3. The molecule has 0 aliphatic carbocycles. The van der Waals surface area contributed by atoms with Crippen molar-refractivity contribution in [3.8, 4) is 17.2 Å². The minimum absolute atomic E-state index is 0.0562. The Labute approximate surface area is 303 Å². The third-order valence-electron chi connectivity index (χ3n) is 8.83. The van der Waals surface area contributed by atoms with E-state index in [1.54, 1.807) is 53.8 Å². The van der Waals surface area contributed by atoms with Crippen molar-refractivity contribution in [1.82, 2.24) is 9.47 Å². The van der Waals surface area contributed by atoms with E-state index in [4.69, 9.17) is 30.8 Å². The van der Waals surface area contributed by atoms with Crippen LogP contribution < -0.4 is 29.1 Å². The van der Waals surface area contributed by atoms with E-state index in [1.165, 1.54) is 30.6 Å². The number of carboxylic acids is 1. The maximum Gasteiger partial charge on any atom is 0.335 e. The highest BCUT2D eigenvalue weighted by molar-refractivity contribution is 7.07. The lowest BCUT2D eigenvalue weighted by molar-refractivity contribution is -0.127. The largest absolute Gasteiger partial charge is 0.496 e. The second kappa shape index (κ2) is 14.8. The fourth-order valence-corrected chi connectivity index (χ4v) is 7.67. The van der Waals surface area contributed by atoms with Crippen LogP contribution in [0, 0.1) is 0 Å². The molecule has 1 aliphatic heterocycles. The zero-order valence-electron chi connectivity index (χ0n) is 28.7. The molecule has 2 heterocycles. The Bertz CT molecular complexity index is 2390. The van der Waals surface area contributed by atoms with Crippen LogP contribution in [0.5, 0.6) is 17.2 Å². The maximum absolute atomic E-state index is 14.5. The number of aromatic nitrogens is 1. The predicted octanol–water partition coefficient (Wildman–Crippen LogP) is 6.20. The zero-order valence-corrected chi connectivity index (χ0v) is 30.3. The molecule has 12 heteroatoms. The first-order valence-corrected chi connectivity index (χ1v) is 17.5. The lowest BCUT2D eigenvalue weighted by Gasteiger charge is -2.30. The lowest BCUT2D eigenvalue weighted by Crippen LogP contribution is -2.43. The summed E-state index contributed by atoms with van der Waals surface area (Å²) in [6.07, 6.45) is 1.71. The van der Waals surface area contributed by atoms with Gasteiger partial charge in [-0.25, -0.2) is 9.79 Å². The van der Waals surface area contributed by atoms with Gasteiger partial charge in [0.2, 0.25) is 0 Å². The molecule has 0 bridgehead atoms. The highest BCUT2D eigenvalue weighted by atomic mass is 35.5. The van der Waals surface area contributed by atoms with Crippen LogP contribution in [0.4, 0.5) is 0 Å². The van der Waals surface area contributed by atoms with Crippen LogP contribution in [-0.2, 0) is 11.4 Å². The number of aromatic carboxylic acids is 1. The van der Waals surface area contributed by atoms with Crippen LogP contribution >= 0.6 is 22.9 Å². The molecule has 0 unspecified atom stereocenters. The molecule has 0 saturated carbocycles. The van der Waals surface area contributed by atoms with Crippen molar-refractivity contribution in [2.24, 2.45) is 4.99 Å². The van der Waals surface area contributed by atoms with Gasteiger partial charge in [0, 0.05) is 18.7 Å². The molecular formula is C39H36ClN3O7S. The molecule has 5 aromatic rings. The van der Waals surface area contributed by atoms with E-state index in [2.05, 4.69) is 0 Å². The summed E-state index contributed by atoms with van der Waals surface area (Å²) in [5, 5.41) is 11.4. The minimum Gasteiger partial charge on any atom is -0.496 e. The van der Waals surface area contributed by atoms with Crippen molar-refractivity contribution in [2.75, 3.05) is 27.3 Å². The number of amides is 1. The summed E-state index contributed by atoms with van der Waals surface area (Å²) in [7, 11) is 3.06. The third-order valence-corrected chi connectivity index (χ3v) is 10.1. The Balaban J connectivity index is 1.48. The van der Waals surface area contributed by atoms with E-state index in [9.17, 15) is 19.5 Å². The summed E-state index contributed by atoms with van der Waals surface area (Å²) in [6.45, 7) is 6.69. The molecule has 262 valence electrons. The Morgan fingerprint density at radius 3 is 2.45 bits per heavy atom. The number of methoxy groups -OCH3 is 2. The number of fused-ring (bicyclic) bond motifs is 2. The van der Waals surface area contributed by atoms with Crippen molar-refractivity contribution in [1.29, 1.82) is 0 Å². The molecule has 0 saturated heterocycles. The highest BCUT2D eigenvalue weighted by Gasteiger charge is 2.36. The summed E-state index contributed by atoms with van der Waals surface area (Å²) < 4.78 is 19.5. The average Bonchev–Trinajstić information content (AvgIpc) is 3.43. The maximum atomic E-state index is 14.5. The number of benzene rings is 4. The molecule has 6 rings (SSSR count). The summed E-state index contributed by atoms with van der Waals surface area (Å²) in [5.74, 6) is -0.0764. The molecular weight excluding hydrogens is 690 g/mol. The number of allylic oxidation sites excluding steroid dienone is 1. The van der Waals surface area contributed by atoms with Gasteiger partial charge in [-0.05, 0) is 79.1 Å². The number of carboxylic acid groups (broad SMARTS) is 1. The predicted molar refractivity (Wildman–Crippen MR) is 198 cm³/mol. The van der Waals surface area contributed by atoms with Gasteiger partial charge in [0.1, 0.15) is 18.4 Å². The number of carbonyl (C=O) groups is 2. The number of carbonyl (C=O) groups excluding carboxylic acids is 1. The van der Waals surface area contributed by atoms with Crippen LogP contribution in [0.25, 0.3) is 16.8 Å². The van der Waals surface area contributed by atoms with Crippen molar-refractivity contribution in [3.05, 3.63) is 131 Å². The van der Waals surface area contributed by atoms with E-state index < -0.39 is 12.0 Å². The van der Waals surface area contributed by atoms with Gasteiger partial charge in [0.15, 0.2) is 16.3 Å². The molecule has 1 aliphatic rings. The number of hydrogen-bond donors (Lipinski definition) is 1. The normalized spacial score (nSPS) is 14.2. The Morgan fingerprint density at radius 1 is 1.00 bits per heavy atom. The smallest absolute Gasteiger partial charge is 0.335 e. The zero-order chi connectivity index (χ0) is 36.4. The van der Waals surface area contributed by atoms with Gasteiger partial charge in [-0.2, -0.15) is 0 Å². The van der Waals surface area contributed by atoms with E-state index in [-0.39, 0.29) is 34.4 Å². The van der Waals surface area contributed by atoms with Crippen LogP contribution in [0.2, 0.25) is 5.02 Å². The van der Waals surface area contributed by atoms with Crippen molar-refractivity contribution >= 4 is 51.7 Å². The standard InChI is InChI=1S/C39H36ClN3O7S/c1-6-42(7-2)37(45)32-22(3)41-39-43(34(32)33-27-14-9-8-12-25(27)15-16-29(33)48-4)36(44)31(51-39)20-24-18-28(40)35(30(19-24)49-5)50-21-23-11-10-13-26(17-23)38(46)47/h8-20,34H,6-7,21H2,1-5H3,(H,46,47)/b31-20+/t34-/m0/s1. The first-order valence-electron chi connectivity index (χ1n) is 16.3. The van der Waals surface area contributed by atoms with E-state index in [0.29, 0.717) is 61.9 Å². The fraction of sp³-hybridized carbons (Fsp3) is 0.231. The fourth-order valence-electron chi connectivity index (χ4n) is 6.35. The van der Waals surface area contributed by atoms with Gasteiger partial charge in [0.25, 0.3) is 11.5 Å². The quantitative estimate of drug-likeness (QED) is 0.172. The van der Waals surface area contributed by atoms with Crippen LogP contribution in [0.3, 0.4) is 0 Å². The van der Waals surface area contributed by atoms with Gasteiger partial charge in [-0.1, -0.05) is 65.4 Å². The molecule has 1 atom stereocenters. The lowest BCUT2D eigenvalue weighted by atomic mass is 9.90. The van der Waals surface area contributed by atoms with Crippen LogP contribution in [0.1, 0.15) is 53.9 Å². The summed E-state index contributed by atoms with van der Waals surface area (Å²) in [4.78, 5) is 47.1. The van der Waals surface area contributed by atoms with Gasteiger partial charge < -0.3 is 24.2 Å². The Morgan fingerprint density at radius 2 is 1.75 bits per heavy atom. The molecule has 4 aromatic carbocycles. The number of rotatable bonds is 11. The number of thiazole rings is 1. The molecule has 1 aromatic heterocycles.